The normalized spacial score (nSPS) is 13.0. The van der Waals surface area contributed by atoms with Gasteiger partial charge in [0.2, 0.25) is 17.7 Å². The minimum atomic E-state index is -0.0273. The summed E-state index contributed by atoms with van der Waals surface area (Å²) in [5, 5.41) is 9.37. The lowest BCUT2D eigenvalue weighted by molar-refractivity contribution is -0.127. The molecule has 1 aliphatic heterocycles. The Morgan fingerprint density at radius 1 is 0.870 bits per heavy atom. The van der Waals surface area contributed by atoms with Gasteiger partial charge >= 0.3 is 0 Å². The van der Waals surface area contributed by atoms with Gasteiger partial charge in [-0.1, -0.05) is 54.1 Å². The molecule has 1 saturated heterocycles. The van der Waals surface area contributed by atoms with E-state index in [-0.39, 0.29) is 18.3 Å². The molecule has 1 aliphatic rings. The Kier molecular flexibility index (Phi) is 14.6. The summed E-state index contributed by atoms with van der Waals surface area (Å²) in [4.78, 5) is 25.9. The van der Waals surface area contributed by atoms with Crippen LogP contribution in [0.4, 0.5) is 0 Å². The van der Waals surface area contributed by atoms with Gasteiger partial charge in [-0.15, -0.1) is 12.4 Å². The van der Waals surface area contributed by atoms with E-state index in [1.54, 1.807) is 54.9 Å². The maximum absolute atomic E-state index is 13.0. The Morgan fingerprint density at radius 2 is 1.59 bits per heavy atom. The van der Waals surface area contributed by atoms with Crippen LogP contribution in [-0.4, -0.2) is 58.5 Å². The summed E-state index contributed by atoms with van der Waals surface area (Å²) >= 11 is 9.99. The van der Waals surface area contributed by atoms with Gasteiger partial charge in [-0.3, -0.25) is 9.69 Å². The zero-order valence-electron chi connectivity index (χ0n) is 29.5. The zero-order valence-corrected chi connectivity index (χ0v) is 32.7. The summed E-state index contributed by atoms with van der Waals surface area (Å²) in [5.41, 5.74) is 5.50. The average molecular weight is 828 g/mol. The van der Waals surface area contributed by atoms with Crippen LogP contribution in [0.3, 0.4) is 0 Å². The van der Waals surface area contributed by atoms with E-state index >= 15 is 0 Å². The van der Waals surface area contributed by atoms with Crippen molar-refractivity contribution in [1.29, 1.82) is 5.26 Å². The van der Waals surface area contributed by atoms with Crippen LogP contribution < -0.4 is 14.2 Å². The quantitative estimate of drug-likeness (QED) is 0.108. The van der Waals surface area contributed by atoms with Crippen LogP contribution >= 0.6 is 39.9 Å². The number of rotatable bonds is 13. The number of halogens is 3. The lowest BCUT2D eigenvalue weighted by Crippen LogP contribution is -2.47. The molecule has 1 fully saturated rings. The molecule has 0 bridgehead atoms. The van der Waals surface area contributed by atoms with Crippen molar-refractivity contribution >= 4 is 58.0 Å². The highest BCUT2D eigenvalue weighted by molar-refractivity contribution is 9.10. The van der Waals surface area contributed by atoms with Crippen LogP contribution in [0.5, 0.6) is 23.3 Å². The SMILES string of the molecule is Cc1cc(/C=C/C(=O)N2CCN(Cc3ccc(/C=C/COc4ccc(Br)cn4)cc3)CC2)cc(Cl)c1Oc1ccc(OCc2ccc(C#N)cc2)cn1.Cl. The average Bonchev–Trinajstić information content (AvgIpc) is 3.18. The molecular formula is C42H38BrCl2N5O4. The van der Waals surface area contributed by atoms with E-state index < -0.39 is 0 Å². The number of aryl methyl sites for hydroxylation is 1. The second kappa shape index (κ2) is 19.8. The largest absolute Gasteiger partial charge is 0.487 e. The fraction of sp³-hybridized carbons (Fsp3) is 0.190. The standard InChI is InChI=1S/C42H37BrClN5O4.ClH/c1-30-23-35(24-38(44)42(30)53-40-16-14-37(27-47-40)52-29-34-10-6-32(25-45)7-11-34)12-17-41(50)49-20-18-48(19-21-49)28-33-8-4-31(5-9-33)3-2-22-51-39-15-13-36(43)26-46-39;/h2-17,23-24,26-27H,18-22,28-29H2,1H3;1H/b3-2+,17-12+;. The molecule has 0 spiro atoms. The topological polar surface area (TPSA) is 101 Å². The molecule has 276 valence electrons. The van der Waals surface area contributed by atoms with Crippen LogP contribution in [0.1, 0.15) is 33.4 Å². The third kappa shape index (κ3) is 11.7. The fourth-order valence-electron chi connectivity index (χ4n) is 5.60. The highest BCUT2D eigenvalue weighted by Crippen LogP contribution is 2.34. The fourth-order valence-corrected chi connectivity index (χ4v) is 6.15. The third-order valence-electron chi connectivity index (χ3n) is 8.48. The van der Waals surface area contributed by atoms with E-state index in [0.717, 1.165) is 46.4 Å². The van der Waals surface area contributed by atoms with E-state index in [0.29, 0.717) is 60.1 Å². The molecule has 1 amide bonds. The van der Waals surface area contributed by atoms with Crippen LogP contribution in [0.15, 0.2) is 114 Å². The van der Waals surface area contributed by atoms with Gasteiger partial charge in [0.05, 0.1) is 22.9 Å². The van der Waals surface area contributed by atoms with Gasteiger partial charge in [0.25, 0.3) is 0 Å². The number of nitrogens with zero attached hydrogens (tertiary/aromatic N) is 5. The number of hydrogen-bond acceptors (Lipinski definition) is 8. The maximum Gasteiger partial charge on any atom is 0.246 e. The molecule has 0 aliphatic carbocycles. The second-order valence-corrected chi connectivity index (χ2v) is 13.7. The van der Waals surface area contributed by atoms with E-state index in [2.05, 4.69) is 61.1 Å². The number of carbonyl (C=O) groups excluding carboxylic acids is 1. The number of piperazine rings is 1. The molecule has 0 N–H and O–H groups in total. The van der Waals surface area contributed by atoms with Gasteiger partial charge < -0.3 is 19.1 Å². The smallest absolute Gasteiger partial charge is 0.246 e. The first kappa shape index (κ1) is 40.0. The minimum Gasteiger partial charge on any atom is -0.487 e. The summed E-state index contributed by atoms with van der Waals surface area (Å²) in [7, 11) is 0. The lowest BCUT2D eigenvalue weighted by atomic mass is 10.1. The van der Waals surface area contributed by atoms with Gasteiger partial charge in [-0.25, -0.2) is 9.97 Å². The zero-order chi connectivity index (χ0) is 37.0. The molecule has 3 aromatic carbocycles. The van der Waals surface area contributed by atoms with Gasteiger partial charge in [0, 0.05) is 61.6 Å². The van der Waals surface area contributed by atoms with Crippen molar-refractivity contribution < 1.29 is 19.0 Å². The summed E-state index contributed by atoms with van der Waals surface area (Å²) in [6, 6.07) is 28.7. The van der Waals surface area contributed by atoms with Crippen molar-refractivity contribution in [2.24, 2.45) is 0 Å². The third-order valence-corrected chi connectivity index (χ3v) is 9.23. The van der Waals surface area contributed by atoms with Crippen LogP contribution in [-0.2, 0) is 17.9 Å². The van der Waals surface area contributed by atoms with Gasteiger partial charge in [-0.2, -0.15) is 5.26 Å². The lowest BCUT2D eigenvalue weighted by Gasteiger charge is -2.34. The molecule has 5 aromatic rings. The van der Waals surface area contributed by atoms with E-state index in [1.807, 2.05) is 54.3 Å². The molecule has 0 unspecified atom stereocenters. The molecule has 0 radical (unpaired) electrons. The molecule has 54 heavy (non-hydrogen) atoms. The Hall–Kier alpha value is -5.18. The van der Waals surface area contributed by atoms with Crippen molar-refractivity contribution in [3.8, 4) is 29.3 Å². The van der Waals surface area contributed by atoms with Crippen molar-refractivity contribution in [3.05, 3.63) is 152 Å². The Labute approximate surface area is 335 Å². The summed E-state index contributed by atoms with van der Waals surface area (Å²) < 4.78 is 18.4. The minimum absolute atomic E-state index is 0. The molecule has 12 heteroatoms. The summed E-state index contributed by atoms with van der Waals surface area (Å²) in [5.74, 6) is 2.02. The Morgan fingerprint density at radius 3 is 2.26 bits per heavy atom. The molecular weight excluding hydrogens is 789 g/mol. The number of ether oxygens (including phenoxy) is 3. The number of aromatic nitrogens is 2. The number of nitriles is 1. The maximum atomic E-state index is 13.0. The Bertz CT molecular complexity index is 2070. The number of carbonyl (C=O) groups is 1. The van der Waals surface area contributed by atoms with Crippen molar-refractivity contribution in [1.82, 2.24) is 19.8 Å². The van der Waals surface area contributed by atoms with Crippen molar-refractivity contribution in [2.45, 2.75) is 20.1 Å². The number of pyridine rings is 2. The van der Waals surface area contributed by atoms with E-state index in [1.165, 1.54) is 5.56 Å². The van der Waals surface area contributed by atoms with Crippen LogP contribution in [0, 0.1) is 18.3 Å². The van der Waals surface area contributed by atoms with Crippen LogP contribution in [0.2, 0.25) is 5.02 Å². The predicted molar refractivity (Wildman–Crippen MR) is 217 cm³/mol. The van der Waals surface area contributed by atoms with Crippen molar-refractivity contribution in [2.75, 3.05) is 32.8 Å². The molecule has 6 rings (SSSR count). The highest BCUT2D eigenvalue weighted by atomic mass is 79.9. The predicted octanol–water partition coefficient (Wildman–Crippen LogP) is 9.32. The monoisotopic (exact) mass is 825 g/mol. The molecule has 2 aromatic heterocycles. The molecule has 0 saturated carbocycles. The summed E-state index contributed by atoms with van der Waals surface area (Å²) in [6.07, 6.45) is 10.7. The van der Waals surface area contributed by atoms with Crippen molar-refractivity contribution in [3.63, 3.8) is 0 Å². The number of hydrogen-bond donors (Lipinski definition) is 0. The number of amides is 1. The molecule has 9 nitrogen and oxygen atoms in total. The first-order chi connectivity index (χ1) is 25.8. The first-order valence-corrected chi connectivity index (χ1v) is 18.2. The van der Waals surface area contributed by atoms with Crippen LogP contribution in [0.25, 0.3) is 12.2 Å². The van der Waals surface area contributed by atoms with E-state index in [4.69, 9.17) is 31.1 Å². The second-order valence-electron chi connectivity index (χ2n) is 12.4. The summed E-state index contributed by atoms with van der Waals surface area (Å²) in [6.45, 7) is 6.46. The van der Waals surface area contributed by atoms with Gasteiger partial charge in [-0.05, 0) is 99.2 Å². The van der Waals surface area contributed by atoms with E-state index in [9.17, 15) is 4.79 Å². The Balaban J connectivity index is 0.00000561. The number of benzene rings is 3. The first-order valence-electron chi connectivity index (χ1n) is 17.1. The molecule has 0 atom stereocenters. The highest BCUT2D eigenvalue weighted by Gasteiger charge is 2.20. The van der Waals surface area contributed by atoms with Gasteiger partial charge in [0.1, 0.15) is 19.0 Å². The molecule has 3 heterocycles. The van der Waals surface area contributed by atoms with Gasteiger partial charge in [0.15, 0.2) is 5.75 Å².